The van der Waals surface area contributed by atoms with Gasteiger partial charge >= 0.3 is 17.9 Å². The number of para-hydroxylation sites is 1. The Morgan fingerprint density at radius 3 is 2.15 bits per heavy atom. The summed E-state index contributed by atoms with van der Waals surface area (Å²) in [7, 11) is -2.33. The van der Waals surface area contributed by atoms with Crippen molar-refractivity contribution >= 4 is 40.0 Å². The zero-order valence-corrected chi connectivity index (χ0v) is 26.6. The number of aliphatic carboxylic acids is 1. The number of aromatic nitrogens is 2. The van der Waals surface area contributed by atoms with Crippen molar-refractivity contribution in [2.45, 2.75) is 51.7 Å². The number of carbonyl (C=O) groups is 3. The molecule has 2 atom stereocenters. The van der Waals surface area contributed by atoms with Crippen LogP contribution in [0.2, 0.25) is 0 Å². The topological polar surface area (TPSA) is 205 Å². The molecule has 0 bridgehead atoms. The smallest absolute Gasteiger partial charge is 0.339 e. The van der Waals surface area contributed by atoms with Crippen LogP contribution in [0.15, 0.2) is 54.6 Å². The number of aliphatic hydroxyl groups is 2. The first kappa shape index (κ1) is 37.5. The molecular formula is C31H36FN3O10S. The predicted octanol–water partition coefficient (Wildman–Crippen LogP) is 3.71. The van der Waals surface area contributed by atoms with Gasteiger partial charge in [0.25, 0.3) is 0 Å². The van der Waals surface area contributed by atoms with E-state index in [-0.39, 0.29) is 29.6 Å². The molecule has 0 unspecified atom stereocenters. The third kappa shape index (κ3) is 11.3. The van der Waals surface area contributed by atoms with Crippen LogP contribution in [0.4, 0.5) is 10.3 Å². The second-order valence-electron chi connectivity index (χ2n) is 10.4. The molecule has 0 saturated heterocycles. The van der Waals surface area contributed by atoms with Gasteiger partial charge in [-0.1, -0.05) is 38.1 Å². The summed E-state index contributed by atoms with van der Waals surface area (Å²) < 4.78 is 43.3. The first-order chi connectivity index (χ1) is 21.4. The number of nitrogens with zero attached hydrogens (tertiary/aromatic N) is 3. The molecule has 0 radical (unpaired) electrons. The molecule has 3 aromatic rings. The summed E-state index contributed by atoms with van der Waals surface area (Å²) in [5.74, 6) is -3.44. The molecule has 4 N–H and O–H groups in total. The number of benzene rings is 2. The summed E-state index contributed by atoms with van der Waals surface area (Å²) in [5, 5.41) is 37.5. The largest absolute Gasteiger partial charge is 0.481 e. The number of carbonyl (C=O) groups excluding carboxylic acids is 1. The number of halogens is 1. The summed E-state index contributed by atoms with van der Waals surface area (Å²) in [6.45, 7) is 4.93. The number of hydrogen-bond donors (Lipinski definition) is 4. The zero-order chi connectivity index (χ0) is 34.8. The van der Waals surface area contributed by atoms with E-state index in [2.05, 4.69) is 14.7 Å². The second kappa shape index (κ2) is 16.5. The summed E-state index contributed by atoms with van der Waals surface area (Å²) in [4.78, 5) is 40.7. The van der Waals surface area contributed by atoms with Gasteiger partial charge in [0.15, 0.2) is 0 Å². The molecule has 0 aliphatic carbocycles. The Morgan fingerprint density at radius 1 is 1.02 bits per heavy atom. The van der Waals surface area contributed by atoms with Crippen LogP contribution in [-0.2, 0) is 19.6 Å². The number of ether oxygens (including phenoxy) is 1. The summed E-state index contributed by atoms with van der Waals surface area (Å²) in [5.41, 5.74) is 1.79. The highest BCUT2D eigenvalue weighted by atomic mass is 32.2. The van der Waals surface area contributed by atoms with Gasteiger partial charge in [0.2, 0.25) is 16.0 Å². The molecule has 46 heavy (non-hydrogen) atoms. The summed E-state index contributed by atoms with van der Waals surface area (Å²) >= 11 is 0. The predicted molar refractivity (Wildman–Crippen MR) is 167 cm³/mol. The van der Waals surface area contributed by atoms with Gasteiger partial charge in [-0.25, -0.2) is 31.9 Å². The monoisotopic (exact) mass is 661 g/mol. The van der Waals surface area contributed by atoms with E-state index in [0.29, 0.717) is 22.5 Å². The quantitative estimate of drug-likeness (QED) is 0.162. The first-order valence-corrected chi connectivity index (χ1v) is 15.6. The van der Waals surface area contributed by atoms with E-state index in [1.54, 1.807) is 12.1 Å². The maximum atomic E-state index is 13.5. The molecule has 13 nitrogen and oxygen atoms in total. The maximum Gasteiger partial charge on any atom is 0.339 e. The van der Waals surface area contributed by atoms with Gasteiger partial charge in [0.1, 0.15) is 17.1 Å². The molecule has 0 saturated carbocycles. The van der Waals surface area contributed by atoms with E-state index in [1.165, 1.54) is 62.5 Å². The van der Waals surface area contributed by atoms with Crippen LogP contribution in [0.25, 0.3) is 17.3 Å². The highest BCUT2D eigenvalue weighted by Crippen LogP contribution is 2.31. The SMILES string of the molecule is CC(=O)Oc1ccccc1C(=O)O.CC(C)c1nc(N(C)S(C)(=O)=O)nc(-c2ccc(F)cc2)c1/C=C/[C@@H](O)C[C@@H](O)CC(=O)O. The second-order valence-corrected chi connectivity index (χ2v) is 12.4. The molecule has 248 valence electrons. The number of sulfonamides is 1. The van der Waals surface area contributed by atoms with Gasteiger partial charge in [-0.15, -0.1) is 0 Å². The number of aromatic carboxylic acids is 1. The van der Waals surface area contributed by atoms with Crippen molar-refractivity contribution in [1.29, 1.82) is 0 Å². The van der Waals surface area contributed by atoms with Crippen molar-refractivity contribution in [2.75, 3.05) is 17.6 Å². The normalized spacial score (nSPS) is 12.6. The van der Waals surface area contributed by atoms with Crippen LogP contribution >= 0.6 is 0 Å². The summed E-state index contributed by atoms with van der Waals surface area (Å²) in [6.07, 6.45) is 0.860. The number of carboxylic acid groups (broad SMARTS) is 2. The molecule has 0 aliphatic rings. The Hall–Kier alpha value is -4.73. The van der Waals surface area contributed by atoms with E-state index in [0.717, 1.165) is 10.6 Å². The fraction of sp³-hybridized carbons (Fsp3) is 0.323. The highest BCUT2D eigenvalue weighted by Gasteiger charge is 2.22. The lowest BCUT2D eigenvalue weighted by Crippen LogP contribution is -2.27. The Kier molecular flexibility index (Phi) is 13.5. The summed E-state index contributed by atoms with van der Waals surface area (Å²) in [6, 6.07) is 11.5. The van der Waals surface area contributed by atoms with Gasteiger partial charge in [-0.3, -0.25) is 9.59 Å². The van der Waals surface area contributed by atoms with E-state index in [4.69, 9.17) is 10.2 Å². The third-order valence-corrected chi connectivity index (χ3v) is 7.35. The van der Waals surface area contributed by atoms with Crippen molar-refractivity contribution in [3.05, 3.63) is 77.2 Å². The van der Waals surface area contributed by atoms with Gasteiger partial charge in [-0.05, 0) is 42.3 Å². The molecule has 0 spiro atoms. The Bertz CT molecular complexity index is 1680. The fourth-order valence-electron chi connectivity index (χ4n) is 3.93. The molecule has 0 aliphatic heterocycles. The zero-order valence-electron chi connectivity index (χ0n) is 25.8. The van der Waals surface area contributed by atoms with Crippen molar-refractivity contribution < 1.29 is 52.4 Å². The van der Waals surface area contributed by atoms with Gasteiger partial charge < -0.3 is 25.2 Å². The fourth-order valence-corrected chi connectivity index (χ4v) is 4.31. The lowest BCUT2D eigenvalue weighted by atomic mass is 9.97. The van der Waals surface area contributed by atoms with Crippen LogP contribution in [0.5, 0.6) is 5.75 Å². The molecular weight excluding hydrogens is 625 g/mol. The van der Waals surface area contributed by atoms with Crippen LogP contribution in [-0.4, -0.2) is 82.2 Å². The van der Waals surface area contributed by atoms with Gasteiger partial charge in [0, 0.05) is 31.5 Å². The van der Waals surface area contributed by atoms with Gasteiger partial charge in [0.05, 0.1) is 36.3 Å². The van der Waals surface area contributed by atoms with Gasteiger partial charge in [-0.2, -0.15) is 0 Å². The Morgan fingerprint density at radius 2 is 1.63 bits per heavy atom. The van der Waals surface area contributed by atoms with Crippen LogP contribution in [0.3, 0.4) is 0 Å². The van der Waals surface area contributed by atoms with E-state index < -0.39 is 52.4 Å². The lowest BCUT2D eigenvalue weighted by Gasteiger charge is -2.20. The number of aliphatic hydroxyl groups excluding tert-OH is 2. The minimum atomic E-state index is -3.65. The Balaban J connectivity index is 0.000000471. The standard InChI is InChI=1S/C22H28FN3O6S.C9H8O4/c1-13(2)20-18(10-9-16(27)11-17(28)12-19(29)30)21(14-5-7-15(23)8-6-14)25-22(24-20)26(3)33(4,31)32;1-6(10)13-8-5-3-2-4-7(8)9(11)12/h5-10,13,16-17,27-28H,11-12H2,1-4H3,(H,29,30);2-5H,1H3,(H,11,12)/b10-9+;/t16-,17-;/m1./s1. The highest BCUT2D eigenvalue weighted by molar-refractivity contribution is 7.92. The van der Waals surface area contributed by atoms with Crippen molar-refractivity contribution in [3.63, 3.8) is 0 Å². The number of hydrogen-bond acceptors (Lipinski definition) is 10. The minimum absolute atomic E-state index is 0.0160. The Labute approximate surface area is 265 Å². The molecule has 15 heteroatoms. The maximum absolute atomic E-state index is 13.5. The minimum Gasteiger partial charge on any atom is -0.481 e. The number of esters is 1. The average molecular weight is 662 g/mol. The van der Waals surface area contributed by atoms with Crippen LogP contribution in [0, 0.1) is 5.82 Å². The van der Waals surface area contributed by atoms with E-state index in [1.807, 2.05) is 13.8 Å². The van der Waals surface area contributed by atoms with Crippen molar-refractivity contribution in [2.24, 2.45) is 0 Å². The molecule has 1 heterocycles. The third-order valence-electron chi connectivity index (χ3n) is 6.19. The number of carboxylic acids is 2. The molecule has 3 rings (SSSR count). The van der Waals surface area contributed by atoms with Crippen molar-refractivity contribution in [3.8, 4) is 17.0 Å². The number of rotatable bonds is 12. The average Bonchev–Trinajstić information content (AvgIpc) is 2.95. The molecule has 0 fully saturated rings. The van der Waals surface area contributed by atoms with Crippen LogP contribution < -0.4 is 9.04 Å². The van der Waals surface area contributed by atoms with E-state index >= 15 is 0 Å². The molecule has 1 aromatic heterocycles. The lowest BCUT2D eigenvalue weighted by molar-refractivity contribution is -0.139. The molecule has 0 amide bonds. The van der Waals surface area contributed by atoms with Crippen molar-refractivity contribution in [1.82, 2.24) is 9.97 Å². The van der Waals surface area contributed by atoms with E-state index in [9.17, 15) is 37.4 Å². The molecule has 2 aromatic carbocycles. The number of anilines is 1. The first-order valence-electron chi connectivity index (χ1n) is 13.8. The van der Waals surface area contributed by atoms with Crippen LogP contribution in [0.1, 0.15) is 61.1 Å².